The number of aryl methyl sites for hydroxylation is 2. The number of hydrogen-bond acceptors (Lipinski definition) is 2. The van der Waals surface area contributed by atoms with Gasteiger partial charge in [-0.1, -0.05) is 19.1 Å². The molecule has 0 atom stereocenters. The number of rotatable bonds is 5. The van der Waals surface area contributed by atoms with E-state index in [0.29, 0.717) is 12.1 Å². The summed E-state index contributed by atoms with van der Waals surface area (Å²) in [5.41, 5.74) is 4.51. The number of benzene rings is 2. The molecule has 0 heterocycles. The molecule has 2 rings (SSSR count). The van der Waals surface area contributed by atoms with Crippen LogP contribution in [-0.4, -0.2) is 13.7 Å². The molecule has 0 unspecified atom stereocenters. The van der Waals surface area contributed by atoms with E-state index in [-0.39, 0.29) is 5.82 Å². The van der Waals surface area contributed by atoms with Crippen LogP contribution >= 0.6 is 0 Å². The van der Waals surface area contributed by atoms with E-state index >= 15 is 0 Å². The lowest BCUT2D eigenvalue weighted by molar-refractivity contribution is 0.408. The molecule has 2 nitrogen and oxygen atoms in total. The van der Waals surface area contributed by atoms with Crippen molar-refractivity contribution in [2.45, 2.75) is 27.3 Å². The topological polar surface area (TPSA) is 21.3 Å². The first kappa shape index (κ1) is 15.5. The first-order chi connectivity index (χ1) is 10.1. The highest BCUT2D eigenvalue weighted by Gasteiger charge is 2.10. The quantitative estimate of drug-likeness (QED) is 0.888. The Morgan fingerprint density at radius 2 is 1.76 bits per heavy atom. The third-order valence-electron chi connectivity index (χ3n) is 3.59. The van der Waals surface area contributed by atoms with E-state index in [1.54, 1.807) is 13.2 Å². The maximum absolute atomic E-state index is 14.3. The zero-order valence-corrected chi connectivity index (χ0v) is 13.1. The molecule has 0 saturated heterocycles. The van der Waals surface area contributed by atoms with Crippen molar-refractivity contribution in [2.75, 3.05) is 13.7 Å². The van der Waals surface area contributed by atoms with Gasteiger partial charge in [0.2, 0.25) is 0 Å². The SMILES string of the molecule is CCNCc1ccc(-c2cc(C)c(OC)c(C)c2)c(F)c1. The average molecular weight is 287 g/mol. The second-order valence-corrected chi connectivity index (χ2v) is 5.24. The van der Waals surface area contributed by atoms with Crippen molar-refractivity contribution in [1.29, 1.82) is 0 Å². The minimum absolute atomic E-state index is 0.186. The Balaban J connectivity index is 2.38. The molecule has 0 spiro atoms. The zero-order valence-electron chi connectivity index (χ0n) is 13.1. The predicted molar refractivity (Wildman–Crippen MR) is 85.2 cm³/mol. The van der Waals surface area contributed by atoms with Gasteiger partial charge in [0.1, 0.15) is 11.6 Å². The van der Waals surface area contributed by atoms with Gasteiger partial charge in [0, 0.05) is 12.1 Å². The zero-order chi connectivity index (χ0) is 15.4. The fourth-order valence-corrected chi connectivity index (χ4v) is 2.60. The van der Waals surface area contributed by atoms with Crippen LogP contribution in [0.5, 0.6) is 5.75 Å². The van der Waals surface area contributed by atoms with Crippen LogP contribution in [0.4, 0.5) is 4.39 Å². The van der Waals surface area contributed by atoms with Gasteiger partial charge in [0.25, 0.3) is 0 Å². The van der Waals surface area contributed by atoms with Gasteiger partial charge in [0.15, 0.2) is 0 Å². The minimum atomic E-state index is -0.186. The molecule has 1 N–H and O–H groups in total. The van der Waals surface area contributed by atoms with Gasteiger partial charge in [-0.05, 0) is 60.8 Å². The maximum Gasteiger partial charge on any atom is 0.131 e. The summed E-state index contributed by atoms with van der Waals surface area (Å²) in [6.07, 6.45) is 0. The second kappa shape index (κ2) is 6.72. The standard InChI is InChI=1S/C18H22FNO/c1-5-20-11-14-6-7-16(17(19)10-14)15-8-12(2)18(21-4)13(3)9-15/h6-10,20H,5,11H2,1-4H3. The Hall–Kier alpha value is -1.87. The Morgan fingerprint density at radius 1 is 1.10 bits per heavy atom. The molecule has 2 aromatic rings. The fourth-order valence-electron chi connectivity index (χ4n) is 2.60. The van der Waals surface area contributed by atoms with Crippen LogP contribution in [0.15, 0.2) is 30.3 Å². The van der Waals surface area contributed by atoms with E-state index in [2.05, 4.69) is 5.32 Å². The number of methoxy groups -OCH3 is 1. The van der Waals surface area contributed by atoms with Gasteiger partial charge in [-0.3, -0.25) is 0 Å². The van der Waals surface area contributed by atoms with Crippen LogP contribution in [0.3, 0.4) is 0 Å². The van der Waals surface area contributed by atoms with Crippen LogP contribution in [0.1, 0.15) is 23.6 Å². The smallest absolute Gasteiger partial charge is 0.131 e. The van der Waals surface area contributed by atoms with Crippen LogP contribution in [0, 0.1) is 19.7 Å². The monoisotopic (exact) mass is 287 g/mol. The molecular weight excluding hydrogens is 265 g/mol. The molecule has 0 aliphatic heterocycles. The lowest BCUT2D eigenvalue weighted by Gasteiger charge is -2.12. The van der Waals surface area contributed by atoms with Gasteiger partial charge in [-0.25, -0.2) is 4.39 Å². The van der Waals surface area contributed by atoms with E-state index in [0.717, 1.165) is 34.5 Å². The van der Waals surface area contributed by atoms with Crippen molar-refractivity contribution >= 4 is 0 Å². The van der Waals surface area contributed by atoms with Crippen molar-refractivity contribution < 1.29 is 9.13 Å². The molecule has 0 saturated carbocycles. The Labute approximate surface area is 126 Å². The largest absolute Gasteiger partial charge is 0.496 e. The Bertz CT molecular complexity index is 614. The lowest BCUT2D eigenvalue weighted by atomic mass is 9.98. The second-order valence-electron chi connectivity index (χ2n) is 5.24. The molecule has 0 fully saturated rings. The third kappa shape index (κ3) is 3.42. The van der Waals surface area contributed by atoms with Crippen molar-refractivity contribution in [3.8, 4) is 16.9 Å². The average Bonchev–Trinajstić information content (AvgIpc) is 2.44. The van der Waals surface area contributed by atoms with E-state index in [4.69, 9.17) is 4.74 Å². The van der Waals surface area contributed by atoms with Crippen molar-refractivity contribution in [3.05, 3.63) is 52.8 Å². The Kier molecular flexibility index (Phi) is 4.97. The molecule has 0 aliphatic carbocycles. The summed E-state index contributed by atoms with van der Waals surface area (Å²) in [5, 5.41) is 3.20. The van der Waals surface area contributed by atoms with E-state index in [1.807, 2.05) is 45.0 Å². The van der Waals surface area contributed by atoms with Crippen LogP contribution in [0.25, 0.3) is 11.1 Å². The van der Waals surface area contributed by atoms with E-state index in [9.17, 15) is 4.39 Å². The summed E-state index contributed by atoms with van der Waals surface area (Å²) in [6, 6.07) is 9.36. The molecule has 0 aromatic heterocycles. The number of ether oxygens (including phenoxy) is 1. The highest BCUT2D eigenvalue weighted by molar-refractivity contribution is 5.68. The van der Waals surface area contributed by atoms with Gasteiger partial charge in [-0.15, -0.1) is 0 Å². The summed E-state index contributed by atoms with van der Waals surface area (Å²) in [5.74, 6) is 0.678. The van der Waals surface area contributed by atoms with Gasteiger partial charge < -0.3 is 10.1 Å². The highest BCUT2D eigenvalue weighted by Crippen LogP contribution is 2.31. The number of nitrogens with one attached hydrogen (secondary N) is 1. The lowest BCUT2D eigenvalue weighted by Crippen LogP contribution is -2.11. The molecule has 0 bridgehead atoms. The molecule has 0 radical (unpaired) electrons. The van der Waals surface area contributed by atoms with Gasteiger partial charge in [-0.2, -0.15) is 0 Å². The van der Waals surface area contributed by atoms with E-state index in [1.165, 1.54) is 0 Å². The fraction of sp³-hybridized carbons (Fsp3) is 0.333. The normalized spacial score (nSPS) is 10.7. The summed E-state index contributed by atoms with van der Waals surface area (Å²) in [6.45, 7) is 7.56. The molecule has 0 amide bonds. The maximum atomic E-state index is 14.3. The number of halogens is 1. The van der Waals surface area contributed by atoms with Crippen LogP contribution < -0.4 is 10.1 Å². The van der Waals surface area contributed by atoms with Crippen LogP contribution in [-0.2, 0) is 6.54 Å². The summed E-state index contributed by atoms with van der Waals surface area (Å²) in [4.78, 5) is 0. The third-order valence-corrected chi connectivity index (χ3v) is 3.59. The van der Waals surface area contributed by atoms with Gasteiger partial charge in [0.05, 0.1) is 7.11 Å². The molecule has 0 aliphatic rings. The first-order valence-corrected chi connectivity index (χ1v) is 7.21. The van der Waals surface area contributed by atoms with Crippen molar-refractivity contribution in [2.24, 2.45) is 0 Å². The molecule has 112 valence electrons. The summed E-state index contributed by atoms with van der Waals surface area (Å²) < 4.78 is 19.7. The minimum Gasteiger partial charge on any atom is -0.496 e. The molecule has 3 heteroatoms. The van der Waals surface area contributed by atoms with Crippen molar-refractivity contribution in [3.63, 3.8) is 0 Å². The first-order valence-electron chi connectivity index (χ1n) is 7.21. The summed E-state index contributed by atoms with van der Waals surface area (Å²) in [7, 11) is 1.66. The Morgan fingerprint density at radius 3 is 2.29 bits per heavy atom. The highest BCUT2D eigenvalue weighted by atomic mass is 19.1. The molecule has 2 aromatic carbocycles. The van der Waals surface area contributed by atoms with Crippen LogP contribution in [0.2, 0.25) is 0 Å². The van der Waals surface area contributed by atoms with Gasteiger partial charge >= 0.3 is 0 Å². The van der Waals surface area contributed by atoms with E-state index < -0.39 is 0 Å². The van der Waals surface area contributed by atoms with Crippen molar-refractivity contribution in [1.82, 2.24) is 5.32 Å². The predicted octanol–water partition coefficient (Wildman–Crippen LogP) is 4.23. The molecule has 21 heavy (non-hydrogen) atoms. The number of hydrogen-bond donors (Lipinski definition) is 1. The molecular formula is C18H22FNO. The summed E-state index contributed by atoms with van der Waals surface area (Å²) >= 11 is 0.